The lowest BCUT2D eigenvalue weighted by Gasteiger charge is -2.34. The maximum absolute atomic E-state index is 12.9. The molecule has 0 radical (unpaired) electrons. The number of aromatic nitrogens is 2. The predicted molar refractivity (Wildman–Crippen MR) is 110 cm³/mol. The van der Waals surface area contributed by atoms with Crippen LogP contribution in [0, 0.1) is 0 Å². The van der Waals surface area contributed by atoms with E-state index >= 15 is 0 Å². The highest BCUT2D eigenvalue weighted by Crippen LogP contribution is 2.19. The van der Waals surface area contributed by atoms with E-state index in [1.165, 1.54) is 23.4 Å². The summed E-state index contributed by atoms with van der Waals surface area (Å²) in [6.07, 6.45) is 4.86. The quantitative estimate of drug-likeness (QED) is 0.593. The van der Waals surface area contributed by atoms with Gasteiger partial charge in [0.05, 0.1) is 17.1 Å². The number of likely N-dealkylation sites (N-methyl/N-ethyl adjacent to an activating group) is 1. The summed E-state index contributed by atoms with van der Waals surface area (Å²) < 4.78 is 27.2. The molecule has 1 aromatic carbocycles. The number of piperazine rings is 1. The number of sulfonamides is 1. The number of benzene rings is 1. The first-order chi connectivity index (χ1) is 14.3. The molecule has 0 aliphatic carbocycles. The van der Waals surface area contributed by atoms with Crippen LogP contribution >= 0.6 is 0 Å². The minimum atomic E-state index is -3.71. The molecule has 160 valence electrons. The average molecular weight is 432 g/mol. The first kappa shape index (κ1) is 22.0. The van der Waals surface area contributed by atoms with Gasteiger partial charge in [0.25, 0.3) is 0 Å². The molecule has 1 aliphatic rings. The summed E-state index contributed by atoms with van der Waals surface area (Å²) >= 11 is 0. The molecule has 0 unspecified atom stereocenters. The SMILES string of the molecule is CC(=O)c1cccc(S(=O)(=O)N2CCN(C(=O)CN(C)Cc3cnccn3)CC2)c1. The van der Waals surface area contributed by atoms with Crippen molar-refractivity contribution in [2.45, 2.75) is 18.4 Å². The average Bonchev–Trinajstić information content (AvgIpc) is 2.74. The van der Waals surface area contributed by atoms with E-state index < -0.39 is 10.0 Å². The molecule has 10 heteroatoms. The lowest BCUT2D eigenvalue weighted by Crippen LogP contribution is -2.52. The molecule has 1 saturated heterocycles. The first-order valence-electron chi connectivity index (χ1n) is 9.60. The second-order valence-corrected chi connectivity index (χ2v) is 9.18. The molecule has 1 amide bonds. The molecule has 0 atom stereocenters. The monoisotopic (exact) mass is 431 g/mol. The van der Waals surface area contributed by atoms with Crippen molar-refractivity contribution in [3.05, 3.63) is 54.1 Å². The Morgan fingerprint density at radius 1 is 1.13 bits per heavy atom. The van der Waals surface area contributed by atoms with Gasteiger partial charge in [0.2, 0.25) is 15.9 Å². The maximum atomic E-state index is 12.9. The molecule has 1 aliphatic heterocycles. The summed E-state index contributed by atoms with van der Waals surface area (Å²) in [5, 5.41) is 0. The van der Waals surface area contributed by atoms with E-state index in [4.69, 9.17) is 0 Å². The summed E-state index contributed by atoms with van der Waals surface area (Å²) in [5.41, 5.74) is 1.13. The topological polar surface area (TPSA) is 104 Å². The van der Waals surface area contributed by atoms with E-state index in [-0.39, 0.29) is 36.2 Å². The normalized spacial score (nSPS) is 15.4. The van der Waals surface area contributed by atoms with Gasteiger partial charge in [0.15, 0.2) is 5.78 Å². The zero-order valence-corrected chi connectivity index (χ0v) is 17.9. The van der Waals surface area contributed by atoms with E-state index in [0.29, 0.717) is 25.2 Å². The van der Waals surface area contributed by atoms with Crippen molar-refractivity contribution in [1.82, 2.24) is 24.1 Å². The molecular weight excluding hydrogens is 406 g/mol. The third-order valence-electron chi connectivity index (χ3n) is 4.92. The number of amides is 1. The summed E-state index contributed by atoms with van der Waals surface area (Å²) in [5.74, 6) is -0.245. The number of ketones is 1. The number of hydrogen-bond acceptors (Lipinski definition) is 7. The van der Waals surface area contributed by atoms with Crippen molar-refractivity contribution in [2.24, 2.45) is 0 Å². The molecule has 1 aromatic heterocycles. The second-order valence-electron chi connectivity index (χ2n) is 7.24. The zero-order chi connectivity index (χ0) is 21.7. The van der Waals surface area contributed by atoms with Crippen LogP contribution in [0.25, 0.3) is 0 Å². The van der Waals surface area contributed by atoms with Crippen molar-refractivity contribution in [1.29, 1.82) is 0 Å². The minimum absolute atomic E-state index is 0.0583. The van der Waals surface area contributed by atoms with Crippen molar-refractivity contribution in [3.63, 3.8) is 0 Å². The van der Waals surface area contributed by atoms with Gasteiger partial charge in [0.1, 0.15) is 0 Å². The van der Waals surface area contributed by atoms with E-state index in [1.54, 1.807) is 35.6 Å². The molecule has 30 heavy (non-hydrogen) atoms. The van der Waals surface area contributed by atoms with E-state index in [0.717, 1.165) is 5.69 Å². The zero-order valence-electron chi connectivity index (χ0n) is 17.1. The number of carbonyl (C=O) groups excluding carboxylic acids is 2. The molecule has 2 heterocycles. The Labute approximate surface area is 176 Å². The Hall–Kier alpha value is -2.69. The number of rotatable bonds is 7. The van der Waals surface area contributed by atoms with E-state index in [9.17, 15) is 18.0 Å². The van der Waals surface area contributed by atoms with Crippen LogP contribution in [0.3, 0.4) is 0 Å². The molecule has 0 N–H and O–H groups in total. The summed E-state index contributed by atoms with van der Waals surface area (Å²) in [6.45, 7) is 3.19. The fourth-order valence-corrected chi connectivity index (χ4v) is 4.75. The fourth-order valence-electron chi connectivity index (χ4n) is 3.28. The molecule has 0 saturated carbocycles. The van der Waals surface area contributed by atoms with Gasteiger partial charge in [-0.1, -0.05) is 12.1 Å². The smallest absolute Gasteiger partial charge is 0.243 e. The van der Waals surface area contributed by atoms with Gasteiger partial charge in [-0.15, -0.1) is 0 Å². The van der Waals surface area contributed by atoms with Crippen LogP contribution in [0.1, 0.15) is 23.0 Å². The molecule has 9 nitrogen and oxygen atoms in total. The van der Waals surface area contributed by atoms with Crippen molar-refractivity contribution in [2.75, 3.05) is 39.8 Å². The summed E-state index contributed by atoms with van der Waals surface area (Å²) in [4.78, 5) is 36.0. The summed E-state index contributed by atoms with van der Waals surface area (Å²) in [7, 11) is -1.88. The highest BCUT2D eigenvalue weighted by atomic mass is 32.2. The largest absolute Gasteiger partial charge is 0.339 e. The third-order valence-corrected chi connectivity index (χ3v) is 6.82. The van der Waals surface area contributed by atoms with Gasteiger partial charge >= 0.3 is 0 Å². The Bertz CT molecular complexity index is 1000. The van der Waals surface area contributed by atoms with Gasteiger partial charge in [0, 0.05) is 56.9 Å². The lowest BCUT2D eigenvalue weighted by molar-refractivity contribution is -0.133. The van der Waals surface area contributed by atoms with Crippen LogP contribution in [0.2, 0.25) is 0 Å². The highest BCUT2D eigenvalue weighted by Gasteiger charge is 2.30. The summed E-state index contributed by atoms with van der Waals surface area (Å²) in [6, 6.07) is 6.04. The predicted octanol–water partition coefficient (Wildman–Crippen LogP) is 0.644. The minimum Gasteiger partial charge on any atom is -0.339 e. The Kier molecular flexibility index (Phi) is 6.91. The maximum Gasteiger partial charge on any atom is 0.243 e. The molecule has 0 spiro atoms. The number of carbonyl (C=O) groups is 2. The molecule has 0 bridgehead atoms. The van der Waals surface area contributed by atoms with Crippen molar-refractivity contribution >= 4 is 21.7 Å². The fraction of sp³-hybridized carbons (Fsp3) is 0.400. The highest BCUT2D eigenvalue weighted by molar-refractivity contribution is 7.89. The number of nitrogens with zero attached hydrogens (tertiary/aromatic N) is 5. The lowest BCUT2D eigenvalue weighted by atomic mass is 10.2. The molecule has 3 rings (SSSR count). The molecule has 2 aromatic rings. The molecular formula is C20H25N5O4S. The van der Waals surface area contributed by atoms with Crippen LogP contribution in [-0.2, 0) is 21.4 Å². The first-order valence-corrected chi connectivity index (χ1v) is 11.0. The number of Topliss-reactive ketones (excluding diaryl/α,β-unsaturated/α-hetero) is 1. The Morgan fingerprint density at radius 3 is 2.50 bits per heavy atom. The van der Waals surface area contributed by atoms with Gasteiger partial charge < -0.3 is 4.90 Å². The van der Waals surface area contributed by atoms with Crippen LogP contribution in [0.5, 0.6) is 0 Å². The van der Waals surface area contributed by atoms with Gasteiger partial charge in [-0.3, -0.25) is 24.5 Å². The van der Waals surface area contributed by atoms with Gasteiger partial charge in [-0.2, -0.15) is 4.31 Å². The van der Waals surface area contributed by atoms with Crippen LogP contribution < -0.4 is 0 Å². The number of hydrogen-bond donors (Lipinski definition) is 0. The van der Waals surface area contributed by atoms with Crippen LogP contribution in [-0.4, -0.2) is 84.0 Å². The van der Waals surface area contributed by atoms with Crippen molar-refractivity contribution in [3.8, 4) is 0 Å². The second kappa shape index (κ2) is 9.41. The van der Waals surface area contributed by atoms with Gasteiger partial charge in [-0.25, -0.2) is 8.42 Å². The van der Waals surface area contributed by atoms with E-state index in [2.05, 4.69) is 9.97 Å². The Morgan fingerprint density at radius 2 is 1.87 bits per heavy atom. The van der Waals surface area contributed by atoms with Crippen LogP contribution in [0.15, 0.2) is 47.8 Å². The Balaban J connectivity index is 1.56. The van der Waals surface area contributed by atoms with Gasteiger partial charge in [-0.05, 0) is 26.1 Å². The van der Waals surface area contributed by atoms with Crippen LogP contribution in [0.4, 0.5) is 0 Å². The third kappa shape index (κ3) is 5.26. The van der Waals surface area contributed by atoms with Crippen molar-refractivity contribution < 1.29 is 18.0 Å². The van der Waals surface area contributed by atoms with E-state index in [1.807, 2.05) is 11.9 Å². The standard InChI is InChI=1S/C20H25N5O4S/c1-16(26)17-4-3-5-19(12-17)30(28,29)25-10-8-24(9-11-25)20(27)15-23(2)14-18-13-21-6-7-22-18/h3-7,12-13H,8-11,14-15H2,1-2H3. The molecule has 1 fully saturated rings.